The lowest BCUT2D eigenvalue weighted by molar-refractivity contribution is -0.153. The molecule has 4 amide bonds. The van der Waals surface area contributed by atoms with E-state index in [2.05, 4.69) is 6.58 Å². The zero-order valence-corrected chi connectivity index (χ0v) is 14.4. The Morgan fingerprint density at radius 2 is 1.21 bits per heavy atom. The second-order valence-electron chi connectivity index (χ2n) is 7.36. The van der Waals surface area contributed by atoms with Gasteiger partial charge in [-0.25, -0.2) is 4.79 Å². The predicted molar refractivity (Wildman–Crippen MR) is 91.1 cm³/mol. The lowest BCUT2D eigenvalue weighted by Crippen LogP contribution is -2.64. The Morgan fingerprint density at radius 1 is 0.792 bits per heavy atom. The minimum Gasteiger partial charge on any atom is -0.273 e. The number of hydrogen-bond acceptors (Lipinski definition) is 3. The average Bonchev–Trinajstić information content (AvgIpc) is 2.61. The van der Waals surface area contributed by atoms with Crippen LogP contribution in [0.15, 0.2) is 12.7 Å². The van der Waals surface area contributed by atoms with Gasteiger partial charge in [0.15, 0.2) is 0 Å². The fourth-order valence-electron chi connectivity index (χ4n) is 4.47. The third kappa shape index (κ3) is 3.13. The molecule has 0 aromatic carbocycles. The Hall–Kier alpha value is -1.65. The first-order valence-electron chi connectivity index (χ1n) is 9.46. The number of carbonyl (C=O) groups excluding carboxylic acids is 3. The molecule has 5 heteroatoms. The second-order valence-corrected chi connectivity index (χ2v) is 7.36. The molecular weight excluding hydrogens is 304 g/mol. The van der Waals surface area contributed by atoms with Gasteiger partial charge in [0.1, 0.15) is 5.92 Å². The topological polar surface area (TPSA) is 57.7 Å². The van der Waals surface area contributed by atoms with Crippen molar-refractivity contribution >= 4 is 17.8 Å². The van der Waals surface area contributed by atoms with Gasteiger partial charge < -0.3 is 0 Å². The van der Waals surface area contributed by atoms with Crippen molar-refractivity contribution in [1.82, 2.24) is 9.80 Å². The van der Waals surface area contributed by atoms with Crippen molar-refractivity contribution in [3.8, 4) is 0 Å². The summed E-state index contributed by atoms with van der Waals surface area (Å²) in [6.07, 6.45) is 11.9. The van der Waals surface area contributed by atoms with Crippen molar-refractivity contribution in [2.24, 2.45) is 5.92 Å². The molecule has 2 saturated carbocycles. The van der Waals surface area contributed by atoms with Crippen molar-refractivity contribution in [1.29, 1.82) is 0 Å². The van der Waals surface area contributed by atoms with Gasteiger partial charge in [-0.1, -0.05) is 44.6 Å². The van der Waals surface area contributed by atoms with E-state index in [9.17, 15) is 14.4 Å². The first-order chi connectivity index (χ1) is 11.6. The number of amides is 4. The molecule has 3 rings (SSSR count). The van der Waals surface area contributed by atoms with Crippen LogP contribution in [-0.4, -0.2) is 39.7 Å². The summed E-state index contributed by atoms with van der Waals surface area (Å²) in [5, 5.41) is 0. The van der Waals surface area contributed by atoms with Gasteiger partial charge in [-0.05, 0) is 32.1 Å². The van der Waals surface area contributed by atoms with Crippen molar-refractivity contribution in [3.05, 3.63) is 12.7 Å². The van der Waals surface area contributed by atoms with E-state index in [4.69, 9.17) is 0 Å². The summed E-state index contributed by atoms with van der Waals surface area (Å²) >= 11 is 0. The lowest BCUT2D eigenvalue weighted by Gasteiger charge is -2.45. The first kappa shape index (κ1) is 17.2. The zero-order valence-electron chi connectivity index (χ0n) is 14.4. The van der Waals surface area contributed by atoms with Crippen LogP contribution in [0.3, 0.4) is 0 Å². The van der Waals surface area contributed by atoms with Crippen molar-refractivity contribution < 1.29 is 14.4 Å². The van der Waals surface area contributed by atoms with Gasteiger partial charge in [-0.2, -0.15) is 0 Å². The molecule has 0 bridgehead atoms. The molecule has 0 spiro atoms. The summed E-state index contributed by atoms with van der Waals surface area (Å²) in [5.41, 5.74) is 0. The van der Waals surface area contributed by atoms with Crippen LogP contribution >= 0.6 is 0 Å². The monoisotopic (exact) mass is 332 g/mol. The van der Waals surface area contributed by atoms with Gasteiger partial charge in [0.05, 0.1) is 0 Å². The molecule has 0 atom stereocenters. The van der Waals surface area contributed by atoms with E-state index in [1.54, 1.807) is 6.08 Å². The highest BCUT2D eigenvalue weighted by Gasteiger charge is 2.49. The standard InChI is InChI=1S/C19H28N2O3/c1-2-9-16-17(22)20(14-10-5-3-6-11-14)19(24)21(18(16)23)15-12-7-4-8-13-15/h2,14-16H,1,3-13H2. The van der Waals surface area contributed by atoms with E-state index >= 15 is 0 Å². The molecule has 0 aromatic rings. The van der Waals surface area contributed by atoms with Gasteiger partial charge in [0.25, 0.3) is 0 Å². The largest absolute Gasteiger partial charge is 0.333 e. The molecule has 24 heavy (non-hydrogen) atoms. The van der Waals surface area contributed by atoms with Gasteiger partial charge in [-0.3, -0.25) is 19.4 Å². The maximum absolute atomic E-state index is 13.1. The summed E-state index contributed by atoms with van der Waals surface area (Å²) in [6.45, 7) is 3.69. The molecule has 1 saturated heterocycles. The summed E-state index contributed by atoms with van der Waals surface area (Å²) in [5.74, 6) is -1.36. The van der Waals surface area contributed by atoms with E-state index in [0.717, 1.165) is 64.2 Å². The van der Waals surface area contributed by atoms with Crippen LogP contribution in [0, 0.1) is 5.92 Å². The molecule has 0 aromatic heterocycles. The molecule has 2 aliphatic carbocycles. The molecule has 132 valence electrons. The summed E-state index contributed by atoms with van der Waals surface area (Å²) in [4.78, 5) is 41.7. The third-order valence-corrected chi connectivity index (χ3v) is 5.77. The Labute approximate surface area is 144 Å². The Kier molecular flexibility index (Phi) is 5.36. The number of nitrogens with zero attached hydrogens (tertiary/aromatic N) is 2. The van der Waals surface area contributed by atoms with E-state index in [1.165, 1.54) is 9.80 Å². The first-order valence-corrected chi connectivity index (χ1v) is 9.46. The fourth-order valence-corrected chi connectivity index (χ4v) is 4.47. The predicted octanol–water partition coefficient (Wildman–Crippen LogP) is 3.63. The maximum atomic E-state index is 13.1. The van der Waals surface area contributed by atoms with Gasteiger partial charge in [0.2, 0.25) is 11.8 Å². The summed E-state index contributed by atoms with van der Waals surface area (Å²) < 4.78 is 0. The maximum Gasteiger partial charge on any atom is 0.333 e. The van der Waals surface area contributed by atoms with E-state index < -0.39 is 5.92 Å². The molecule has 3 fully saturated rings. The van der Waals surface area contributed by atoms with Crippen LogP contribution in [-0.2, 0) is 9.59 Å². The molecule has 1 heterocycles. The van der Waals surface area contributed by atoms with Gasteiger partial charge in [-0.15, -0.1) is 6.58 Å². The molecule has 0 N–H and O–H groups in total. The number of imide groups is 2. The van der Waals surface area contributed by atoms with Crippen molar-refractivity contribution in [2.45, 2.75) is 82.7 Å². The van der Waals surface area contributed by atoms with Crippen LogP contribution in [0.2, 0.25) is 0 Å². The summed E-state index contributed by atoms with van der Waals surface area (Å²) in [7, 11) is 0. The van der Waals surface area contributed by atoms with Crippen molar-refractivity contribution in [2.75, 3.05) is 0 Å². The normalized spacial score (nSPS) is 25.4. The van der Waals surface area contributed by atoms with Crippen LogP contribution in [0.5, 0.6) is 0 Å². The minimum atomic E-state index is -0.760. The van der Waals surface area contributed by atoms with Crippen LogP contribution < -0.4 is 0 Å². The molecule has 0 radical (unpaired) electrons. The lowest BCUT2D eigenvalue weighted by atomic mass is 9.88. The molecule has 1 aliphatic heterocycles. The third-order valence-electron chi connectivity index (χ3n) is 5.77. The zero-order chi connectivity index (χ0) is 17.1. The number of rotatable bonds is 4. The Morgan fingerprint density at radius 3 is 1.58 bits per heavy atom. The highest BCUT2D eigenvalue weighted by atomic mass is 16.2. The van der Waals surface area contributed by atoms with E-state index in [-0.39, 0.29) is 29.9 Å². The highest BCUT2D eigenvalue weighted by molar-refractivity contribution is 6.16. The quantitative estimate of drug-likeness (QED) is 0.583. The summed E-state index contributed by atoms with van der Waals surface area (Å²) in [6, 6.07) is -0.431. The highest BCUT2D eigenvalue weighted by Crippen LogP contribution is 2.33. The number of hydrogen-bond donors (Lipinski definition) is 0. The second kappa shape index (κ2) is 7.49. The Bertz CT molecular complexity index is 479. The Balaban J connectivity index is 1.89. The van der Waals surface area contributed by atoms with Crippen LogP contribution in [0.25, 0.3) is 0 Å². The van der Waals surface area contributed by atoms with E-state index in [1.807, 2.05) is 0 Å². The molecule has 3 aliphatic rings. The molecule has 5 nitrogen and oxygen atoms in total. The smallest absolute Gasteiger partial charge is 0.273 e. The molecular formula is C19H28N2O3. The van der Waals surface area contributed by atoms with Crippen LogP contribution in [0.4, 0.5) is 4.79 Å². The van der Waals surface area contributed by atoms with Crippen molar-refractivity contribution in [3.63, 3.8) is 0 Å². The minimum absolute atomic E-state index is 0.0368. The van der Waals surface area contributed by atoms with Crippen LogP contribution in [0.1, 0.15) is 70.6 Å². The number of barbiturate groups is 1. The van der Waals surface area contributed by atoms with E-state index in [0.29, 0.717) is 6.42 Å². The molecule has 0 unspecified atom stereocenters. The van der Waals surface area contributed by atoms with Gasteiger partial charge >= 0.3 is 6.03 Å². The number of carbonyl (C=O) groups is 3. The fraction of sp³-hybridized carbons (Fsp3) is 0.737. The SMILES string of the molecule is C=CCC1C(=O)N(C2CCCCC2)C(=O)N(C2CCCCC2)C1=O. The van der Waals surface area contributed by atoms with Gasteiger partial charge in [0, 0.05) is 12.1 Å². The average molecular weight is 332 g/mol. The number of allylic oxidation sites excluding steroid dienone is 1. The number of urea groups is 1.